The van der Waals surface area contributed by atoms with Gasteiger partial charge in [0, 0.05) is 23.4 Å². The summed E-state index contributed by atoms with van der Waals surface area (Å²) in [5.41, 5.74) is 0.968. The number of ketones is 1. The molecular formula is C22H29N3O6S2. The summed E-state index contributed by atoms with van der Waals surface area (Å²) in [5.74, 6) is 0.0601. The molecule has 180 valence electrons. The second-order valence-corrected chi connectivity index (χ2v) is 12.1. The van der Waals surface area contributed by atoms with Gasteiger partial charge in [0.2, 0.25) is 21.7 Å². The van der Waals surface area contributed by atoms with Crippen molar-refractivity contribution in [2.45, 2.75) is 68.9 Å². The molecule has 2 atom stereocenters. The lowest BCUT2D eigenvalue weighted by atomic mass is 9.91. The van der Waals surface area contributed by atoms with Crippen LogP contribution in [0.3, 0.4) is 0 Å². The number of hydrogen-bond acceptors (Lipinski definition) is 8. The first kappa shape index (κ1) is 22.8. The number of carbonyl (C=O) groups is 2. The number of carbonyl (C=O) groups excluding carboxylic acids is 2. The molecule has 2 unspecified atom stereocenters. The standard InChI is InChI=1S/C22H29N3O6S2/c1-2-31-19-16(17(26)18(19)27)24-13-7-8-15-14(9-13)20(33(29,30)23-10-11-3-4-11)22(32-15)25-21(28)12-5-6-12/h11-13,18,23-24,27H,2-10H2,1H3,(H,25,28). The fraction of sp³-hybridized carbons (Fsp3) is 0.636. The molecule has 5 rings (SSSR count). The van der Waals surface area contributed by atoms with Crippen molar-refractivity contribution < 1.29 is 27.9 Å². The molecule has 1 aromatic rings. The number of hydrogen-bond donors (Lipinski definition) is 4. The monoisotopic (exact) mass is 495 g/mol. The first-order valence-electron chi connectivity index (χ1n) is 11.6. The van der Waals surface area contributed by atoms with Gasteiger partial charge in [0.1, 0.15) is 15.6 Å². The third kappa shape index (κ3) is 4.55. The van der Waals surface area contributed by atoms with Gasteiger partial charge >= 0.3 is 0 Å². The van der Waals surface area contributed by atoms with E-state index in [1.807, 2.05) is 0 Å². The van der Waals surface area contributed by atoms with E-state index in [4.69, 9.17) is 4.74 Å². The smallest absolute Gasteiger partial charge is 0.243 e. The number of aliphatic hydroxyl groups excluding tert-OH is 1. The number of aliphatic hydroxyl groups is 1. The molecule has 1 amide bonds. The van der Waals surface area contributed by atoms with Crippen LogP contribution in [0.25, 0.3) is 0 Å². The van der Waals surface area contributed by atoms with E-state index in [1.54, 1.807) is 6.92 Å². The quantitative estimate of drug-likeness (QED) is 0.386. The van der Waals surface area contributed by atoms with Crippen LogP contribution < -0.4 is 15.4 Å². The zero-order chi connectivity index (χ0) is 23.3. The SMILES string of the molecule is CCOC1=C(NC2CCc3sc(NC(=O)C4CC4)c(S(=O)(=O)NCC4CC4)c3C2)C(=O)C1O. The van der Waals surface area contributed by atoms with Crippen LogP contribution in [0.1, 0.15) is 49.5 Å². The Morgan fingerprint density at radius 3 is 2.64 bits per heavy atom. The third-order valence-electron chi connectivity index (χ3n) is 6.56. The van der Waals surface area contributed by atoms with Crippen LogP contribution >= 0.6 is 11.3 Å². The minimum absolute atomic E-state index is 0.0338. The summed E-state index contributed by atoms with van der Waals surface area (Å²) < 4.78 is 34.8. The van der Waals surface area contributed by atoms with Crippen molar-refractivity contribution in [3.8, 4) is 0 Å². The topological polar surface area (TPSA) is 134 Å². The lowest BCUT2D eigenvalue weighted by Crippen LogP contribution is -2.48. The number of amides is 1. The largest absolute Gasteiger partial charge is 0.493 e. The molecule has 4 N–H and O–H groups in total. The number of nitrogens with one attached hydrogen (secondary N) is 3. The van der Waals surface area contributed by atoms with Gasteiger partial charge in [-0.2, -0.15) is 0 Å². The van der Waals surface area contributed by atoms with Gasteiger partial charge in [0.05, 0.1) is 6.61 Å². The van der Waals surface area contributed by atoms with E-state index in [9.17, 15) is 23.1 Å². The van der Waals surface area contributed by atoms with Crippen molar-refractivity contribution in [2.75, 3.05) is 18.5 Å². The van der Waals surface area contributed by atoms with Crippen molar-refractivity contribution in [3.63, 3.8) is 0 Å². The van der Waals surface area contributed by atoms with Crippen LogP contribution in [-0.2, 0) is 37.2 Å². The first-order chi connectivity index (χ1) is 15.8. The van der Waals surface area contributed by atoms with Gasteiger partial charge in [0.25, 0.3) is 0 Å². The van der Waals surface area contributed by atoms with Crippen molar-refractivity contribution in [1.82, 2.24) is 10.0 Å². The second-order valence-electron chi connectivity index (χ2n) is 9.24. The lowest BCUT2D eigenvalue weighted by molar-refractivity contribution is -0.128. The fourth-order valence-electron chi connectivity index (χ4n) is 4.32. The highest BCUT2D eigenvalue weighted by atomic mass is 32.2. The van der Waals surface area contributed by atoms with E-state index in [-0.39, 0.29) is 34.2 Å². The maximum atomic E-state index is 13.3. The highest BCUT2D eigenvalue weighted by Gasteiger charge is 2.42. The Balaban J connectivity index is 1.41. The average Bonchev–Trinajstić information content (AvgIpc) is 3.70. The molecule has 0 aliphatic heterocycles. The predicted molar refractivity (Wildman–Crippen MR) is 122 cm³/mol. The van der Waals surface area contributed by atoms with Crippen LogP contribution in [0.2, 0.25) is 0 Å². The molecule has 9 nitrogen and oxygen atoms in total. The Morgan fingerprint density at radius 2 is 1.97 bits per heavy atom. The molecule has 4 aliphatic rings. The van der Waals surface area contributed by atoms with Crippen molar-refractivity contribution >= 4 is 38.1 Å². The van der Waals surface area contributed by atoms with Gasteiger partial charge in [-0.15, -0.1) is 11.3 Å². The molecule has 4 aliphatic carbocycles. The van der Waals surface area contributed by atoms with Crippen molar-refractivity contribution in [1.29, 1.82) is 0 Å². The number of sulfonamides is 1. The van der Waals surface area contributed by atoms with E-state index >= 15 is 0 Å². The molecule has 1 heterocycles. The van der Waals surface area contributed by atoms with Gasteiger partial charge in [-0.25, -0.2) is 13.1 Å². The molecule has 2 fully saturated rings. The Labute approximate surface area is 197 Å². The molecule has 0 bridgehead atoms. The summed E-state index contributed by atoms with van der Waals surface area (Å²) in [7, 11) is -3.80. The van der Waals surface area contributed by atoms with Crippen molar-refractivity contribution in [2.24, 2.45) is 11.8 Å². The van der Waals surface area contributed by atoms with Gasteiger partial charge in [-0.1, -0.05) is 0 Å². The van der Waals surface area contributed by atoms with E-state index in [0.29, 0.717) is 48.9 Å². The zero-order valence-electron chi connectivity index (χ0n) is 18.5. The van der Waals surface area contributed by atoms with Crippen LogP contribution in [0, 0.1) is 11.8 Å². The maximum absolute atomic E-state index is 13.3. The van der Waals surface area contributed by atoms with E-state index in [1.165, 1.54) is 11.3 Å². The number of rotatable bonds is 10. The van der Waals surface area contributed by atoms with E-state index < -0.39 is 21.9 Å². The van der Waals surface area contributed by atoms with Crippen LogP contribution in [-0.4, -0.2) is 50.5 Å². The molecule has 0 aromatic carbocycles. The van der Waals surface area contributed by atoms with E-state index in [2.05, 4.69) is 15.4 Å². The number of ether oxygens (including phenoxy) is 1. The van der Waals surface area contributed by atoms with Crippen LogP contribution in [0.5, 0.6) is 0 Å². The summed E-state index contributed by atoms with van der Waals surface area (Å²) in [6, 6.07) is -0.182. The predicted octanol–water partition coefficient (Wildman–Crippen LogP) is 1.42. The summed E-state index contributed by atoms with van der Waals surface area (Å²) in [6.45, 7) is 2.52. The molecule has 0 radical (unpaired) electrons. The second kappa shape index (κ2) is 8.68. The molecule has 0 saturated heterocycles. The first-order valence-corrected chi connectivity index (χ1v) is 13.9. The molecule has 11 heteroatoms. The molecule has 33 heavy (non-hydrogen) atoms. The van der Waals surface area contributed by atoms with E-state index in [0.717, 1.165) is 30.6 Å². The minimum Gasteiger partial charge on any atom is -0.493 e. The maximum Gasteiger partial charge on any atom is 0.243 e. The molecular weight excluding hydrogens is 466 g/mol. The number of anilines is 1. The molecule has 0 spiro atoms. The number of fused-ring (bicyclic) bond motifs is 1. The summed E-state index contributed by atoms with van der Waals surface area (Å²) in [4.78, 5) is 25.7. The van der Waals surface area contributed by atoms with Crippen LogP contribution in [0.15, 0.2) is 16.4 Å². The Hall–Kier alpha value is -1.95. The number of aryl methyl sites for hydroxylation is 1. The summed E-state index contributed by atoms with van der Waals surface area (Å²) >= 11 is 1.34. The lowest BCUT2D eigenvalue weighted by Gasteiger charge is -2.32. The zero-order valence-corrected chi connectivity index (χ0v) is 20.1. The van der Waals surface area contributed by atoms with Gasteiger partial charge in [-0.3, -0.25) is 9.59 Å². The third-order valence-corrected chi connectivity index (χ3v) is 9.43. The van der Waals surface area contributed by atoms with Gasteiger partial charge in [0.15, 0.2) is 11.9 Å². The summed E-state index contributed by atoms with van der Waals surface area (Å²) in [5, 5.41) is 16.3. The molecule has 2 saturated carbocycles. The normalized spacial score (nSPS) is 24.8. The van der Waals surface area contributed by atoms with Gasteiger partial charge < -0.3 is 20.5 Å². The summed E-state index contributed by atoms with van der Waals surface area (Å²) in [6.07, 6.45) is 4.22. The Morgan fingerprint density at radius 1 is 1.21 bits per heavy atom. The molecule has 1 aromatic heterocycles. The fourth-order valence-corrected chi connectivity index (χ4v) is 7.40. The highest BCUT2D eigenvalue weighted by molar-refractivity contribution is 7.90. The van der Waals surface area contributed by atoms with Gasteiger partial charge in [-0.05, 0) is 63.4 Å². The Kier molecular flexibility index (Phi) is 6.00. The highest BCUT2D eigenvalue weighted by Crippen LogP contribution is 2.43. The van der Waals surface area contributed by atoms with Crippen LogP contribution in [0.4, 0.5) is 5.00 Å². The number of thiophene rings is 1. The number of Topliss-reactive ketones (excluding diaryl/α,β-unsaturated/α-hetero) is 1. The minimum atomic E-state index is -3.80. The Bertz CT molecular complexity index is 1120. The van der Waals surface area contributed by atoms with Crippen molar-refractivity contribution in [3.05, 3.63) is 21.9 Å². The average molecular weight is 496 g/mol.